The number of rotatable bonds is 7. The summed E-state index contributed by atoms with van der Waals surface area (Å²) in [6.07, 6.45) is 0.768. The molecule has 0 aromatic heterocycles. The van der Waals surface area contributed by atoms with E-state index in [4.69, 9.17) is 27.9 Å². The zero-order valence-electron chi connectivity index (χ0n) is 13.6. The number of carbonyl (C=O) groups excluding carboxylic acids is 2. The van der Waals surface area contributed by atoms with Crippen molar-refractivity contribution in [2.45, 2.75) is 13.3 Å². The fourth-order valence-electron chi connectivity index (χ4n) is 1.98. The first-order valence-corrected chi connectivity index (χ1v) is 8.51. The van der Waals surface area contributed by atoms with Gasteiger partial charge in [-0.1, -0.05) is 30.1 Å². The Morgan fingerprint density at radius 3 is 2.44 bits per heavy atom. The monoisotopic (exact) mass is 380 g/mol. The molecule has 25 heavy (non-hydrogen) atoms. The Hall–Kier alpha value is -2.24. The zero-order chi connectivity index (χ0) is 18.2. The van der Waals surface area contributed by atoms with Crippen LogP contribution in [0.5, 0.6) is 0 Å². The van der Waals surface area contributed by atoms with Crippen LogP contribution in [0.1, 0.15) is 23.7 Å². The van der Waals surface area contributed by atoms with Gasteiger partial charge in [0.25, 0.3) is 0 Å². The smallest absolute Gasteiger partial charge is 0.338 e. The summed E-state index contributed by atoms with van der Waals surface area (Å²) in [6, 6.07) is 11.5. The molecular formula is C18H18Cl2N2O3. The molecule has 2 aromatic carbocycles. The van der Waals surface area contributed by atoms with Gasteiger partial charge >= 0.3 is 5.97 Å². The lowest BCUT2D eigenvalue weighted by Gasteiger charge is -2.10. The maximum atomic E-state index is 12.0. The Labute approximate surface area is 156 Å². The van der Waals surface area contributed by atoms with E-state index in [2.05, 4.69) is 10.6 Å². The molecule has 132 valence electrons. The molecule has 2 N–H and O–H groups in total. The van der Waals surface area contributed by atoms with Crippen molar-refractivity contribution in [3.05, 3.63) is 58.1 Å². The number of ether oxygens (including phenoxy) is 1. The Morgan fingerprint density at radius 1 is 1.08 bits per heavy atom. The average Bonchev–Trinajstić information content (AvgIpc) is 2.59. The first kappa shape index (κ1) is 19.1. The minimum absolute atomic E-state index is 0.0433. The lowest BCUT2D eigenvalue weighted by Crippen LogP contribution is -2.21. The minimum Gasteiger partial charge on any atom is -0.462 e. The zero-order valence-corrected chi connectivity index (χ0v) is 15.2. The third kappa shape index (κ3) is 5.96. The van der Waals surface area contributed by atoms with Gasteiger partial charge in [0.2, 0.25) is 5.91 Å². The van der Waals surface area contributed by atoms with Crippen LogP contribution in [-0.4, -0.2) is 25.0 Å². The topological polar surface area (TPSA) is 67.4 Å². The third-order valence-corrected chi connectivity index (χ3v) is 3.76. The first-order valence-electron chi connectivity index (χ1n) is 7.75. The maximum absolute atomic E-state index is 12.0. The van der Waals surface area contributed by atoms with Crippen LogP contribution in [0.3, 0.4) is 0 Å². The molecule has 0 unspecified atom stereocenters. The van der Waals surface area contributed by atoms with Gasteiger partial charge in [-0.25, -0.2) is 4.79 Å². The van der Waals surface area contributed by atoms with Crippen molar-refractivity contribution in [2.75, 3.05) is 23.8 Å². The highest BCUT2D eigenvalue weighted by molar-refractivity contribution is 6.36. The van der Waals surface area contributed by atoms with Gasteiger partial charge in [-0.2, -0.15) is 0 Å². The maximum Gasteiger partial charge on any atom is 0.338 e. The Morgan fingerprint density at radius 2 is 1.80 bits per heavy atom. The van der Waals surface area contributed by atoms with Gasteiger partial charge < -0.3 is 15.4 Å². The van der Waals surface area contributed by atoms with E-state index in [1.807, 2.05) is 6.92 Å². The highest BCUT2D eigenvalue weighted by Crippen LogP contribution is 2.25. The van der Waals surface area contributed by atoms with E-state index in [-0.39, 0.29) is 18.4 Å². The van der Waals surface area contributed by atoms with E-state index < -0.39 is 0 Å². The van der Waals surface area contributed by atoms with E-state index in [0.717, 1.165) is 6.42 Å². The van der Waals surface area contributed by atoms with Gasteiger partial charge in [0.1, 0.15) is 0 Å². The van der Waals surface area contributed by atoms with E-state index >= 15 is 0 Å². The summed E-state index contributed by atoms with van der Waals surface area (Å²) < 4.78 is 5.05. The first-order chi connectivity index (χ1) is 12.0. The summed E-state index contributed by atoms with van der Waals surface area (Å²) >= 11 is 11.9. The molecule has 2 rings (SSSR count). The second-order valence-corrected chi connectivity index (χ2v) is 6.08. The standard InChI is InChI=1S/C18H18Cl2N2O3/c1-2-9-25-18(24)12-3-6-14(7-4-12)22-17(23)11-21-16-8-5-13(19)10-15(16)20/h3-8,10,21H,2,9,11H2,1H3,(H,22,23). The molecule has 5 nitrogen and oxygen atoms in total. The SMILES string of the molecule is CCCOC(=O)c1ccc(NC(=O)CNc2ccc(Cl)cc2Cl)cc1. The number of esters is 1. The Balaban J connectivity index is 1.87. The third-order valence-electron chi connectivity index (χ3n) is 3.21. The average molecular weight is 381 g/mol. The molecule has 0 aliphatic rings. The van der Waals surface area contributed by atoms with Crippen LogP contribution in [0, 0.1) is 0 Å². The lowest BCUT2D eigenvalue weighted by molar-refractivity contribution is -0.114. The number of amides is 1. The number of benzene rings is 2. The van der Waals surface area contributed by atoms with Crippen molar-refractivity contribution in [1.82, 2.24) is 0 Å². The predicted molar refractivity (Wildman–Crippen MR) is 101 cm³/mol. The normalized spacial score (nSPS) is 10.2. The highest BCUT2D eigenvalue weighted by atomic mass is 35.5. The van der Waals surface area contributed by atoms with Crippen molar-refractivity contribution in [3.63, 3.8) is 0 Å². The summed E-state index contributed by atoms with van der Waals surface area (Å²) in [5.74, 6) is -0.619. The number of hydrogen-bond donors (Lipinski definition) is 2. The van der Waals surface area contributed by atoms with Gasteiger partial charge in [-0.05, 0) is 48.9 Å². The van der Waals surface area contributed by atoms with Crippen molar-refractivity contribution in [3.8, 4) is 0 Å². The Bertz CT molecular complexity index is 748. The van der Waals surface area contributed by atoms with E-state index in [9.17, 15) is 9.59 Å². The fourth-order valence-corrected chi connectivity index (χ4v) is 2.46. The van der Waals surface area contributed by atoms with Crippen molar-refractivity contribution < 1.29 is 14.3 Å². The summed E-state index contributed by atoms with van der Waals surface area (Å²) in [5, 5.41) is 6.63. The number of halogens is 2. The summed E-state index contributed by atoms with van der Waals surface area (Å²) in [6.45, 7) is 2.36. The molecule has 0 saturated heterocycles. The number of nitrogens with one attached hydrogen (secondary N) is 2. The van der Waals surface area contributed by atoms with Crippen LogP contribution in [0.4, 0.5) is 11.4 Å². The van der Waals surface area contributed by atoms with Gasteiger partial charge in [-0.3, -0.25) is 4.79 Å². The van der Waals surface area contributed by atoms with E-state index in [1.165, 1.54) is 0 Å². The fraction of sp³-hybridized carbons (Fsp3) is 0.222. The quantitative estimate of drug-likeness (QED) is 0.688. The molecule has 0 fully saturated rings. The molecule has 0 atom stereocenters. The van der Waals surface area contributed by atoms with Crippen molar-refractivity contribution in [2.24, 2.45) is 0 Å². The Kier molecular flexibility index (Phi) is 7.10. The molecule has 7 heteroatoms. The molecule has 0 heterocycles. The molecule has 0 aliphatic carbocycles. The van der Waals surface area contributed by atoms with Gasteiger partial charge in [0.05, 0.1) is 29.4 Å². The molecule has 0 radical (unpaired) electrons. The van der Waals surface area contributed by atoms with Crippen molar-refractivity contribution in [1.29, 1.82) is 0 Å². The number of hydrogen-bond acceptors (Lipinski definition) is 4. The van der Waals surface area contributed by atoms with Crippen LogP contribution < -0.4 is 10.6 Å². The summed E-state index contributed by atoms with van der Waals surface area (Å²) in [7, 11) is 0. The van der Waals surface area contributed by atoms with Gasteiger partial charge in [-0.15, -0.1) is 0 Å². The highest BCUT2D eigenvalue weighted by Gasteiger charge is 2.08. The minimum atomic E-state index is -0.376. The second kappa shape index (κ2) is 9.30. The van der Waals surface area contributed by atoms with Crippen molar-refractivity contribution >= 4 is 46.5 Å². The molecule has 2 aromatic rings. The van der Waals surface area contributed by atoms with Crippen LogP contribution >= 0.6 is 23.2 Å². The predicted octanol–water partition coefficient (Wildman–Crippen LogP) is 4.61. The molecule has 0 bridgehead atoms. The molecular weight excluding hydrogens is 363 g/mol. The van der Waals surface area contributed by atoms with Crippen LogP contribution in [0.2, 0.25) is 10.0 Å². The second-order valence-electron chi connectivity index (χ2n) is 5.24. The molecule has 0 aliphatic heterocycles. The molecule has 0 saturated carbocycles. The largest absolute Gasteiger partial charge is 0.462 e. The molecule has 1 amide bonds. The van der Waals surface area contributed by atoms with Crippen LogP contribution in [0.25, 0.3) is 0 Å². The van der Waals surface area contributed by atoms with Crippen LogP contribution in [-0.2, 0) is 9.53 Å². The summed E-state index contributed by atoms with van der Waals surface area (Å²) in [5.41, 5.74) is 1.65. The van der Waals surface area contributed by atoms with Crippen LogP contribution in [0.15, 0.2) is 42.5 Å². The van der Waals surface area contributed by atoms with E-state index in [1.54, 1.807) is 42.5 Å². The van der Waals surface area contributed by atoms with Gasteiger partial charge in [0.15, 0.2) is 0 Å². The van der Waals surface area contributed by atoms with Gasteiger partial charge in [0, 0.05) is 10.7 Å². The lowest BCUT2D eigenvalue weighted by atomic mass is 10.2. The number of carbonyl (C=O) groups is 2. The summed E-state index contributed by atoms with van der Waals surface area (Å²) in [4.78, 5) is 23.7. The number of anilines is 2. The molecule has 0 spiro atoms. The van der Waals surface area contributed by atoms with E-state index in [0.29, 0.717) is 33.6 Å².